The lowest BCUT2D eigenvalue weighted by atomic mass is 9.75. The van der Waals surface area contributed by atoms with E-state index < -0.39 is 17.4 Å². The maximum Gasteiger partial charge on any atom is 0.314 e. The van der Waals surface area contributed by atoms with Crippen LogP contribution in [-0.2, 0) is 10.3 Å². The molecule has 0 spiro atoms. The van der Waals surface area contributed by atoms with Gasteiger partial charge in [-0.1, -0.05) is 60.7 Å². The first-order valence-corrected chi connectivity index (χ1v) is 6.80. The molecule has 0 fully saturated rings. The Balaban J connectivity index is 2.18. The van der Waals surface area contributed by atoms with E-state index in [0.717, 1.165) is 11.1 Å². The van der Waals surface area contributed by atoms with Gasteiger partial charge in [-0.05, 0) is 23.3 Å². The number of carboxylic acid groups (broad SMARTS) is 1. The summed E-state index contributed by atoms with van der Waals surface area (Å²) in [5.41, 5.74) is 0.748. The Hall–Kier alpha value is -2.68. The molecule has 0 radical (unpaired) electrons. The van der Waals surface area contributed by atoms with Crippen LogP contribution < -0.4 is 0 Å². The van der Waals surface area contributed by atoms with E-state index in [1.165, 1.54) is 0 Å². The smallest absolute Gasteiger partial charge is 0.314 e. The molecule has 3 rings (SSSR count). The molecule has 2 aromatic carbocycles. The van der Waals surface area contributed by atoms with Gasteiger partial charge in [0.2, 0.25) is 0 Å². The van der Waals surface area contributed by atoms with Crippen LogP contribution in [0.3, 0.4) is 0 Å². The third-order valence-corrected chi connectivity index (χ3v) is 3.78. The lowest BCUT2D eigenvalue weighted by Crippen LogP contribution is -2.34. The zero-order valence-electron chi connectivity index (χ0n) is 11.4. The maximum absolute atomic E-state index is 12.0. The fourth-order valence-corrected chi connectivity index (χ4v) is 2.84. The zero-order chi connectivity index (χ0) is 14.7. The Morgan fingerprint density at radius 2 is 1.62 bits per heavy atom. The fraction of sp³-hybridized carbons (Fsp3) is 0.111. The van der Waals surface area contributed by atoms with E-state index in [1.54, 1.807) is 6.21 Å². The average molecular weight is 277 g/mol. The molecule has 0 saturated carbocycles. The molecule has 0 amide bonds. The number of aliphatic carboxylic acids is 1. The normalized spacial score (nSPS) is 21.3. The summed E-state index contributed by atoms with van der Waals surface area (Å²) in [4.78, 5) is 16.5. The molecule has 21 heavy (non-hydrogen) atoms. The number of allylic oxidation sites excluding steroid dienone is 1. The molecule has 2 unspecified atom stereocenters. The Labute approximate surface area is 123 Å². The molecule has 2 aromatic rings. The van der Waals surface area contributed by atoms with Crippen LogP contribution in [0.5, 0.6) is 0 Å². The average Bonchev–Trinajstić information content (AvgIpc) is 2.99. The quantitative estimate of drug-likeness (QED) is 0.931. The van der Waals surface area contributed by atoms with Gasteiger partial charge in [0, 0.05) is 6.21 Å². The highest BCUT2D eigenvalue weighted by atomic mass is 16.4. The van der Waals surface area contributed by atoms with E-state index in [0.29, 0.717) is 0 Å². The van der Waals surface area contributed by atoms with Crippen LogP contribution in [0.2, 0.25) is 0 Å². The molecule has 0 aromatic heterocycles. The molecule has 0 aliphatic carbocycles. The summed E-state index contributed by atoms with van der Waals surface area (Å²) >= 11 is 0. The van der Waals surface area contributed by atoms with Crippen molar-refractivity contribution in [1.82, 2.24) is 0 Å². The summed E-state index contributed by atoms with van der Waals surface area (Å²) in [5, 5.41) is 9.81. The van der Waals surface area contributed by atoms with Crippen molar-refractivity contribution >= 4 is 12.2 Å². The summed E-state index contributed by atoms with van der Waals surface area (Å²) in [6.07, 6.45) is 5.35. The lowest BCUT2D eigenvalue weighted by molar-refractivity contribution is -0.140. The van der Waals surface area contributed by atoms with E-state index in [-0.39, 0.29) is 0 Å². The first-order chi connectivity index (χ1) is 10.2. The molecule has 0 saturated heterocycles. The van der Waals surface area contributed by atoms with Crippen LogP contribution in [0.25, 0.3) is 0 Å². The minimum Gasteiger partial charge on any atom is -0.481 e. The second-order valence-corrected chi connectivity index (χ2v) is 5.01. The topological polar surface area (TPSA) is 49.7 Å². The van der Waals surface area contributed by atoms with Crippen LogP contribution in [0, 0.1) is 0 Å². The van der Waals surface area contributed by atoms with Crippen LogP contribution in [0.15, 0.2) is 77.8 Å². The van der Waals surface area contributed by atoms with Crippen molar-refractivity contribution in [2.75, 3.05) is 0 Å². The monoisotopic (exact) mass is 277 g/mol. The van der Waals surface area contributed by atoms with Crippen molar-refractivity contribution < 1.29 is 9.90 Å². The Morgan fingerprint density at radius 3 is 2.14 bits per heavy atom. The number of hydrogen-bond donors (Lipinski definition) is 1. The van der Waals surface area contributed by atoms with Gasteiger partial charge in [-0.25, -0.2) is 0 Å². The van der Waals surface area contributed by atoms with Gasteiger partial charge < -0.3 is 5.11 Å². The van der Waals surface area contributed by atoms with E-state index >= 15 is 0 Å². The van der Waals surface area contributed by atoms with Crippen molar-refractivity contribution in [3.05, 3.63) is 83.9 Å². The van der Waals surface area contributed by atoms with Crippen molar-refractivity contribution in [3.63, 3.8) is 0 Å². The van der Waals surface area contributed by atoms with Gasteiger partial charge in [-0.15, -0.1) is 0 Å². The van der Waals surface area contributed by atoms with Crippen molar-refractivity contribution in [2.45, 2.75) is 11.5 Å². The largest absolute Gasteiger partial charge is 0.481 e. The van der Waals surface area contributed by atoms with Gasteiger partial charge in [0.05, 0.1) is 0 Å². The number of carbonyl (C=O) groups is 1. The Kier molecular flexibility index (Phi) is 3.40. The predicted molar refractivity (Wildman–Crippen MR) is 82.6 cm³/mol. The van der Waals surface area contributed by atoms with Gasteiger partial charge >= 0.3 is 5.97 Å². The number of nitrogens with zero attached hydrogens (tertiary/aromatic N) is 1. The van der Waals surface area contributed by atoms with Gasteiger partial charge in [0.1, 0.15) is 11.5 Å². The van der Waals surface area contributed by atoms with Crippen LogP contribution >= 0.6 is 0 Å². The molecule has 3 nitrogen and oxygen atoms in total. The molecule has 3 heteroatoms. The highest BCUT2D eigenvalue weighted by Crippen LogP contribution is 2.43. The SMILES string of the molecule is O=C(O)C(c1ccccc1)C1(c2ccccc2)C=CC=N1. The Morgan fingerprint density at radius 1 is 1.00 bits per heavy atom. The van der Waals surface area contributed by atoms with Gasteiger partial charge in [-0.2, -0.15) is 0 Å². The molecule has 1 aliphatic heterocycles. The van der Waals surface area contributed by atoms with Crippen LogP contribution in [0.4, 0.5) is 0 Å². The molecule has 1 aliphatic rings. The second kappa shape index (κ2) is 5.37. The molecule has 2 atom stereocenters. The predicted octanol–water partition coefficient (Wildman–Crippen LogP) is 3.39. The standard InChI is InChI=1S/C18H15NO2/c20-17(21)16(14-8-3-1-4-9-14)18(12-7-13-19-18)15-10-5-2-6-11-15/h1-13,16H,(H,20,21). The molecular weight excluding hydrogens is 262 g/mol. The van der Waals surface area contributed by atoms with Crippen LogP contribution in [-0.4, -0.2) is 17.3 Å². The minimum absolute atomic E-state index is 0.748. The number of benzene rings is 2. The van der Waals surface area contributed by atoms with E-state index in [4.69, 9.17) is 0 Å². The highest BCUT2D eigenvalue weighted by Gasteiger charge is 2.44. The highest BCUT2D eigenvalue weighted by molar-refractivity contribution is 5.84. The molecule has 0 bridgehead atoms. The number of hydrogen-bond acceptors (Lipinski definition) is 2. The third kappa shape index (κ3) is 2.27. The van der Waals surface area contributed by atoms with E-state index in [2.05, 4.69) is 4.99 Å². The molecule has 1 N–H and O–H groups in total. The first-order valence-electron chi connectivity index (χ1n) is 6.80. The van der Waals surface area contributed by atoms with Crippen molar-refractivity contribution in [1.29, 1.82) is 0 Å². The van der Waals surface area contributed by atoms with Gasteiger partial charge in [-0.3, -0.25) is 9.79 Å². The van der Waals surface area contributed by atoms with Crippen LogP contribution in [0.1, 0.15) is 17.0 Å². The van der Waals surface area contributed by atoms with E-state index in [1.807, 2.05) is 72.8 Å². The molecule has 1 heterocycles. The van der Waals surface area contributed by atoms with Gasteiger partial charge in [0.15, 0.2) is 0 Å². The zero-order valence-corrected chi connectivity index (χ0v) is 11.4. The number of carboxylic acids is 1. The number of rotatable bonds is 4. The second-order valence-electron chi connectivity index (χ2n) is 5.01. The summed E-state index contributed by atoms with van der Waals surface area (Å²) in [6, 6.07) is 18.8. The maximum atomic E-state index is 12.0. The van der Waals surface area contributed by atoms with Crippen molar-refractivity contribution in [3.8, 4) is 0 Å². The summed E-state index contributed by atoms with van der Waals surface area (Å²) < 4.78 is 0. The molecule has 104 valence electrons. The van der Waals surface area contributed by atoms with Crippen molar-refractivity contribution in [2.24, 2.45) is 4.99 Å². The summed E-state index contributed by atoms with van der Waals surface area (Å²) in [6.45, 7) is 0. The Bertz CT molecular complexity index is 678. The number of aliphatic imine (C=N–C) groups is 1. The first kappa shape index (κ1) is 13.3. The molecular formula is C18H15NO2. The summed E-state index contributed by atoms with van der Waals surface area (Å²) in [5.74, 6) is -1.63. The van der Waals surface area contributed by atoms with E-state index in [9.17, 15) is 9.90 Å². The lowest BCUT2D eigenvalue weighted by Gasteiger charge is -2.31. The van der Waals surface area contributed by atoms with Gasteiger partial charge in [0.25, 0.3) is 0 Å². The third-order valence-electron chi connectivity index (χ3n) is 3.78. The minimum atomic E-state index is -0.881. The summed E-state index contributed by atoms with van der Waals surface area (Å²) in [7, 11) is 0. The fourth-order valence-electron chi connectivity index (χ4n) is 2.84.